The fourth-order valence-electron chi connectivity index (χ4n) is 0. The van der Waals surface area contributed by atoms with E-state index in [-0.39, 0.29) is 91.8 Å². The van der Waals surface area contributed by atoms with Crippen LogP contribution < -0.4 is 37.2 Å². The van der Waals surface area contributed by atoms with Gasteiger partial charge in [0.2, 0.25) is 0 Å². The molecule has 0 rings (SSSR count). The summed E-state index contributed by atoms with van der Waals surface area (Å²) in [6.07, 6.45) is 0. The van der Waals surface area contributed by atoms with E-state index in [9.17, 15) is 0 Å². The summed E-state index contributed by atoms with van der Waals surface area (Å²) < 4.78 is 0. The van der Waals surface area contributed by atoms with Crippen LogP contribution in [0, 0.1) is 0 Å². The van der Waals surface area contributed by atoms with Gasteiger partial charge in [0.05, 0.1) is 0 Å². The molecular formula is H12Cl3O6Ti-. The molecule has 12 N–H and O–H groups in total. The van der Waals surface area contributed by atoms with Crippen LogP contribution in [0.5, 0.6) is 0 Å². The number of halogens is 3. The molecule has 0 aromatic heterocycles. The Kier molecular flexibility index (Phi) is 33600. The van der Waals surface area contributed by atoms with Crippen molar-refractivity contribution in [3.8, 4) is 0 Å². The first-order valence-electron chi connectivity index (χ1n) is 0. The molecule has 0 aliphatic carbocycles. The van der Waals surface area contributed by atoms with Crippen molar-refractivity contribution in [3.63, 3.8) is 0 Å². The molecule has 0 spiro atoms. The Balaban J connectivity index is 0. The Morgan fingerprint density at radius 2 is 0.300 bits per heavy atom. The summed E-state index contributed by atoms with van der Waals surface area (Å²) in [5.74, 6) is 0. The van der Waals surface area contributed by atoms with E-state index in [0.717, 1.165) is 0 Å². The second-order valence-electron chi connectivity index (χ2n) is 0. The van der Waals surface area contributed by atoms with Gasteiger partial charge < -0.3 is 70.1 Å². The normalized spacial score (nSPS) is 0. The summed E-state index contributed by atoms with van der Waals surface area (Å²) in [7, 11) is 0. The fourth-order valence-corrected chi connectivity index (χ4v) is 0. The van der Waals surface area contributed by atoms with E-state index in [2.05, 4.69) is 0 Å². The molecule has 10 heavy (non-hydrogen) atoms. The molecule has 0 bridgehead atoms. The quantitative estimate of drug-likeness (QED) is 0.375. The van der Waals surface area contributed by atoms with Crippen LogP contribution in [0.25, 0.3) is 0 Å². The number of hydrogen-bond acceptors (Lipinski definition) is 0. The molecule has 10 heteroatoms. The molecule has 0 heterocycles. The van der Waals surface area contributed by atoms with Gasteiger partial charge in [0.1, 0.15) is 0 Å². The van der Waals surface area contributed by atoms with E-state index in [4.69, 9.17) is 0 Å². The average molecular weight is 262 g/mol. The van der Waals surface area contributed by atoms with Gasteiger partial charge in [0.25, 0.3) is 0 Å². The van der Waals surface area contributed by atoms with Crippen LogP contribution in [0.2, 0.25) is 0 Å². The molecule has 6 nitrogen and oxygen atoms in total. The van der Waals surface area contributed by atoms with Gasteiger partial charge >= 0.3 is 21.7 Å². The summed E-state index contributed by atoms with van der Waals surface area (Å²) in [6.45, 7) is 0. The van der Waals surface area contributed by atoms with Crippen molar-refractivity contribution in [3.05, 3.63) is 0 Å². The van der Waals surface area contributed by atoms with Gasteiger partial charge in [-0.1, -0.05) is 0 Å². The van der Waals surface area contributed by atoms with Gasteiger partial charge in [-0.3, -0.25) is 0 Å². The summed E-state index contributed by atoms with van der Waals surface area (Å²) in [5, 5.41) is 0. The van der Waals surface area contributed by atoms with Crippen molar-refractivity contribution in [1.82, 2.24) is 0 Å². The minimum Gasteiger partial charge on any atom is -1.00 e. The molecule has 0 amide bonds. The molecule has 0 atom stereocenters. The van der Waals surface area contributed by atoms with Crippen molar-refractivity contribution in [2.45, 2.75) is 0 Å². The Hall–Kier alpha value is 1.34. The van der Waals surface area contributed by atoms with E-state index in [1.807, 2.05) is 0 Å². The van der Waals surface area contributed by atoms with Crippen molar-refractivity contribution < 1.29 is 91.8 Å². The Morgan fingerprint density at radius 3 is 0.300 bits per heavy atom. The van der Waals surface area contributed by atoms with Crippen LogP contribution in [-0.2, 0) is 21.7 Å². The maximum absolute atomic E-state index is 0. The topological polar surface area (TPSA) is 189 Å². The maximum Gasteiger partial charge on any atom is 2.00 e. The zero-order valence-electron chi connectivity index (χ0n) is 4.63. The molecule has 0 saturated heterocycles. The molecule has 0 saturated carbocycles. The molecule has 0 aliphatic rings. The molecule has 0 aliphatic heterocycles. The minimum atomic E-state index is 0. The third-order valence-corrected chi connectivity index (χ3v) is 0. The monoisotopic (exact) mass is 261 g/mol. The molecule has 0 radical (unpaired) electrons. The second kappa shape index (κ2) is 500. The average Bonchev–Trinajstić information content (AvgIpc) is 0. The summed E-state index contributed by atoms with van der Waals surface area (Å²) >= 11 is 0. The van der Waals surface area contributed by atoms with Crippen molar-refractivity contribution in [1.29, 1.82) is 0 Å². The largest absolute Gasteiger partial charge is 2.00 e. The minimum absolute atomic E-state index is 0. The van der Waals surface area contributed by atoms with E-state index in [0.29, 0.717) is 0 Å². The van der Waals surface area contributed by atoms with Gasteiger partial charge in [-0.05, 0) is 0 Å². The molecule has 0 unspecified atom stereocenters. The fraction of sp³-hybridized carbons (Fsp3) is 0. The van der Waals surface area contributed by atoms with Crippen LogP contribution >= 0.6 is 0 Å². The van der Waals surface area contributed by atoms with Gasteiger partial charge in [-0.25, -0.2) is 0 Å². The smallest absolute Gasteiger partial charge is 1.00 e. The Morgan fingerprint density at radius 1 is 0.300 bits per heavy atom. The Labute approximate surface area is 91.7 Å². The van der Waals surface area contributed by atoms with Crippen LogP contribution in [0.15, 0.2) is 0 Å². The maximum atomic E-state index is 0. The van der Waals surface area contributed by atoms with Crippen LogP contribution in [0.3, 0.4) is 0 Å². The SMILES string of the molecule is O.O.O.O.O.O.[Cl-].[Cl-].[Cl-].[Ti+2]. The summed E-state index contributed by atoms with van der Waals surface area (Å²) in [6, 6.07) is 0. The van der Waals surface area contributed by atoms with Gasteiger partial charge in [-0.2, -0.15) is 0 Å². The third-order valence-electron chi connectivity index (χ3n) is 0. The third kappa shape index (κ3) is 360. The first kappa shape index (κ1) is 672. The second-order valence-corrected chi connectivity index (χ2v) is 0. The summed E-state index contributed by atoms with van der Waals surface area (Å²) in [4.78, 5) is 0. The predicted octanol–water partition coefficient (Wildman–Crippen LogP) is -13.9. The zero-order valence-corrected chi connectivity index (χ0v) is 8.46. The van der Waals surface area contributed by atoms with E-state index >= 15 is 0 Å². The van der Waals surface area contributed by atoms with E-state index in [1.165, 1.54) is 0 Å². The molecular weight excluding hydrogens is 250 g/mol. The van der Waals surface area contributed by atoms with E-state index in [1.54, 1.807) is 0 Å². The van der Waals surface area contributed by atoms with E-state index < -0.39 is 0 Å². The van der Waals surface area contributed by atoms with Crippen LogP contribution in [0.1, 0.15) is 0 Å². The number of hydrogen-bond donors (Lipinski definition) is 0. The molecule has 74 valence electrons. The molecule has 0 aromatic carbocycles. The predicted molar refractivity (Wildman–Crippen MR) is 21.7 cm³/mol. The van der Waals surface area contributed by atoms with Gasteiger partial charge in [0, 0.05) is 0 Å². The zero-order chi connectivity index (χ0) is 0. The Bertz CT molecular complexity index is 13.0. The standard InChI is InChI=1S/3ClH.6H2O.Ti/h3*1H;6*1H2;/q;;;;;;;;;+2/p-3. The molecule has 0 aromatic rings. The number of rotatable bonds is 0. The molecule has 0 fully saturated rings. The van der Waals surface area contributed by atoms with Crippen molar-refractivity contribution >= 4 is 0 Å². The van der Waals surface area contributed by atoms with Crippen molar-refractivity contribution in [2.75, 3.05) is 0 Å². The van der Waals surface area contributed by atoms with Crippen LogP contribution in [-0.4, -0.2) is 32.9 Å². The van der Waals surface area contributed by atoms with Crippen molar-refractivity contribution in [2.24, 2.45) is 0 Å². The van der Waals surface area contributed by atoms with Gasteiger partial charge in [0.15, 0.2) is 0 Å². The first-order valence-corrected chi connectivity index (χ1v) is 0. The first-order chi connectivity index (χ1) is 0. The van der Waals surface area contributed by atoms with Crippen LogP contribution in [0.4, 0.5) is 0 Å². The summed E-state index contributed by atoms with van der Waals surface area (Å²) in [5.41, 5.74) is 0. The van der Waals surface area contributed by atoms with Gasteiger partial charge in [-0.15, -0.1) is 0 Å².